The highest BCUT2D eigenvalue weighted by molar-refractivity contribution is 5.83. The minimum atomic E-state index is -0.220. The Kier molecular flexibility index (Phi) is 2.70. The third kappa shape index (κ3) is 2.23. The first-order valence-corrected chi connectivity index (χ1v) is 5.43. The molecule has 0 aliphatic carbocycles. The zero-order valence-electron chi connectivity index (χ0n) is 9.83. The molecular weight excluding hydrogens is 205 g/mol. The molecule has 0 amide bonds. The molecule has 2 nitrogen and oxygen atoms in total. The summed E-state index contributed by atoms with van der Waals surface area (Å²) in [5, 5.41) is 0. The van der Waals surface area contributed by atoms with Crippen LogP contribution in [-0.2, 0) is 4.74 Å². The molecule has 0 N–H and O–H groups in total. The zero-order valence-corrected chi connectivity index (χ0v) is 9.83. The Morgan fingerprint density at radius 1 is 1.25 bits per heavy atom. The maximum atomic E-state index is 12.8. The van der Waals surface area contributed by atoms with Gasteiger partial charge < -0.3 is 4.74 Å². The van der Waals surface area contributed by atoms with E-state index in [1.54, 1.807) is 12.1 Å². The summed E-state index contributed by atoms with van der Waals surface area (Å²) in [6.07, 6.45) is 0. The molecule has 0 saturated carbocycles. The van der Waals surface area contributed by atoms with E-state index in [4.69, 9.17) is 4.74 Å². The topological polar surface area (TPSA) is 21.6 Å². The van der Waals surface area contributed by atoms with Gasteiger partial charge in [0.1, 0.15) is 18.5 Å². The van der Waals surface area contributed by atoms with E-state index in [9.17, 15) is 4.39 Å². The van der Waals surface area contributed by atoms with Gasteiger partial charge in [-0.25, -0.2) is 9.38 Å². The van der Waals surface area contributed by atoms with Gasteiger partial charge in [-0.15, -0.1) is 0 Å². The summed E-state index contributed by atoms with van der Waals surface area (Å²) < 4.78 is 18.3. The van der Waals surface area contributed by atoms with Crippen molar-refractivity contribution < 1.29 is 9.13 Å². The fourth-order valence-electron chi connectivity index (χ4n) is 1.64. The summed E-state index contributed by atoms with van der Waals surface area (Å²) in [6, 6.07) is 6.45. The van der Waals surface area contributed by atoms with Crippen molar-refractivity contribution in [1.82, 2.24) is 0 Å². The Morgan fingerprint density at radius 3 is 2.38 bits per heavy atom. The van der Waals surface area contributed by atoms with Crippen LogP contribution in [0.5, 0.6) is 0 Å². The van der Waals surface area contributed by atoms with E-state index < -0.39 is 0 Å². The summed E-state index contributed by atoms with van der Waals surface area (Å²) in [5.41, 5.74) is 0.940. The molecule has 16 heavy (non-hydrogen) atoms. The van der Waals surface area contributed by atoms with Gasteiger partial charge in [0.25, 0.3) is 0 Å². The average Bonchev–Trinajstić information content (AvgIpc) is 2.67. The van der Waals surface area contributed by atoms with E-state index in [1.165, 1.54) is 12.1 Å². The monoisotopic (exact) mass is 221 g/mol. The van der Waals surface area contributed by atoms with Gasteiger partial charge in [0, 0.05) is 5.41 Å². The molecule has 1 aliphatic heterocycles. The van der Waals surface area contributed by atoms with Gasteiger partial charge in [0.05, 0.1) is 0 Å². The van der Waals surface area contributed by atoms with E-state index in [1.807, 2.05) is 0 Å². The SMILES string of the molecule is CC(C)(C)C1=NC(c2ccc(F)cc2)CO1. The van der Waals surface area contributed by atoms with Crippen LogP contribution in [0.1, 0.15) is 32.4 Å². The molecule has 2 rings (SSSR count). The van der Waals surface area contributed by atoms with Crippen LogP contribution in [0.25, 0.3) is 0 Å². The number of ether oxygens (including phenoxy) is 1. The third-order valence-electron chi connectivity index (χ3n) is 2.55. The van der Waals surface area contributed by atoms with Crippen molar-refractivity contribution in [2.45, 2.75) is 26.8 Å². The molecule has 0 fully saturated rings. The van der Waals surface area contributed by atoms with Gasteiger partial charge in [-0.1, -0.05) is 32.9 Å². The summed E-state index contributed by atoms with van der Waals surface area (Å²) in [5.74, 6) is 0.560. The van der Waals surface area contributed by atoms with Crippen LogP contribution in [0.2, 0.25) is 0 Å². The minimum Gasteiger partial charge on any atom is -0.478 e. The van der Waals surface area contributed by atoms with E-state index >= 15 is 0 Å². The maximum Gasteiger partial charge on any atom is 0.189 e. The highest BCUT2D eigenvalue weighted by atomic mass is 19.1. The Hall–Kier alpha value is -1.38. The number of hydrogen-bond acceptors (Lipinski definition) is 2. The Balaban J connectivity index is 2.20. The van der Waals surface area contributed by atoms with Crippen molar-refractivity contribution in [2.24, 2.45) is 10.4 Å². The van der Waals surface area contributed by atoms with Crippen molar-refractivity contribution in [3.05, 3.63) is 35.6 Å². The number of nitrogens with zero attached hydrogens (tertiary/aromatic N) is 1. The van der Waals surface area contributed by atoms with Crippen molar-refractivity contribution in [2.75, 3.05) is 6.61 Å². The summed E-state index contributed by atoms with van der Waals surface area (Å²) in [4.78, 5) is 4.53. The summed E-state index contributed by atoms with van der Waals surface area (Å²) >= 11 is 0. The van der Waals surface area contributed by atoms with Gasteiger partial charge >= 0.3 is 0 Å². The number of rotatable bonds is 1. The summed E-state index contributed by atoms with van der Waals surface area (Å²) in [7, 11) is 0. The lowest BCUT2D eigenvalue weighted by Crippen LogP contribution is -2.20. The molecule has 86 valence electrons. The van der Waals surface area contributed by atoms with Gasteiger partial charge in [0.15, 0.2) is 5.90 Å². The molecule has 1 unspecified atom stereocenters. The van der Waals surface area contributed by atoms with Gasteiger partial charge in [0.2, 0.25) is 0 Å². The molecule has 3 heteroatoms. The number of halogens is 1. The van der Waals surface area contributed by atoms with E-state index in [2.05, 4.69) is 25.8 Å². The molecule has 1 aliphatic rings. The van der Waals surface area contributed by atoms with Crippen LogP contribution in [0, 0.1) is 11.2 Å². The normalized spacial score (nSPS) is 20.5. The van der Waals surface area contributed by atoms with Gasteiger partial charge in [-0.2, -0.15) is 0 Å². The zero-order chi connectivity index (χ0) is 11.8. The van der Waals surface area contributed by atoms with Crippen molar-refractivity contribution in [3.8, 4) is 0 Å². The first kappa shape index (κ1) is 11.1. The second-order valence-electron chi connectivity index (χ2n) is 5.06. The Bertz CT molecular complexity index is 403. The van der Waals surface area contributed by atoms with Crippen LogP contribution in [0.3, 0.4) is 0 Å². The minimum absolute atomic E-state index is 0.00910. The lowest BCUT2D eigenvalue weighted by atomic mass is 9.97. The fraction of sp³-hybridized carbons (Fsp3) is 0.462. The van der Waals surface area contributed by atoms with Crippen LogP contribution in [-0.4, -0.2) is 12.5 Å². The van der Waals surface area contributed by atoms with E-state index in [-0.39, 0.29) is 17.3 Å². The van der Waals surface area contributed by atoms with Gasteiger partial charge in [-0.3, -0.25) is 0 Å². The average molecular weight is 221 g/mol. The molecule has 0 radical (unpaired) electrons. The molecular formula is C13H16FNO. The maximum absolute atomic E-state index is 12.8. The second-order valence-corrected chi connectivity index (χ2v) is 5.06. The van der Waals surface area contributed by atoms with E-state index in [0.717, 1.165) is 11.5 Å². The molecule has 0 spiro atoms. The molecule has 1 aromatic carbocycles. The van der Waals surface area contributed by atoms with E-state index in [0.29, 0.717) is 6.61 Å². The largest absolute Gasteiger partial charge is 0.478 e. The van der Waals surface area contributed by atoms with Gasteiger partial charge in [-0.05, 0) is 17.7 Å². The molecule has 0 bridgehead atoms. The predicted octanol–water partition coefficient (Wildman–Crippen LogP) is 3.34. The number of benzene rings is 1. The first-order valence-electron chi connectivity index (χ1n) is 5.43. The highest BCUT2D eigenvalue weighted by Gasteiger charge is 2.28. The number of hydrogen-bond donors (Lipinski definition) is 0. The lowest BCUT2D eigenvalue weighted by Gasteiger charge is -2.16. The van der Waals surface area contributed by atoms with Crippen molar-refractivity contribution in [1.29, 1.82) is 0 Å². The Morgan fingerprint density at radius 2 is 1.88 bits per heavy atom. The van der Waals surface area contributed by atoms with Crippen LogP contribution in [0.15, 0.2) is 29.3 Å². The van der Waals surface area contributed by atoms with Crippen LogP contribution < -0.4 is 0 Å². The molecule has 1 atom stereocenters. The van der Waals surface area contributed by atoms with Crippen LogP contribution >= 0.6 is 0 Å². The lowest BCUT2D eigenvalue weighted by molar-refractivity contribution is 0.283. The standard InChI is InChI=1S/C13H16FNO/c1-13(2,3)12-15-11(8-16-12)9-4-6-10(14)7-5-9/h4-7,11H,8H2,1-3H3. The predicted molar refractivity (Wildman–Crippen MR) is 62.0 cm³/mol. The highest BCUT2D eigenvalue weighted by Crippen LogP contribution is 2.29. The third-order valence-corrected chi connectivity index (χ3v) is 2.55. The second kappa shape index (κ2) is 3.89. The molecule has 1 heterocycles. The van der Waals surface area contributed by atoms with Crippen molar-refractivity contribution >= 4 is 5.90 Å². The number of aliphatic imine (C=N–C) groups is 1. The fourth-order valence-corrected chi connectivity index (χ4v) is 1.64. The van der Waals surface area contributed by atoms with Crippen molar-refractivity contribution in [3.63, 3.8) is 0 Å². The van der Waals surface area contributed by atoms with Crippen LogP contribution in [0.4, 0.5) is 4.39 Å². The molecule has 0 saturated heterocycles. The molecule has 0 aromatic heterocycles. The first-order chi connectivity index (χ1) is 7.47. The smallest absolute Gasteiger partial charge is 0.189 e. The summed E-state index contributed by atoms with van der Waals surface area (Å²) in [6.45, 7) is 6.76. The quantitative estimate of drug-likeness (QED) is 0.712. The molecule has 1 aromatic rings. The Labute approximate surface area is 95.2 Å².